The van der Waals surface area contributed by atoms with Crippen molar-refractivity contribution in [2.45, 2.75) is 27.7 Å². The van der Waals surface area contributed by atoms with Crippen molar-refractivity contribution in [3.63, 3.8) is 0 Å². The summed E-state index contributed by atoms with van der Waals surface area (Å²) in [5, 5.41) is 21.3. The van der Waals surface area contributed by atoms with Crippen LogP contribution in [0.3, 0.4) is 0 Å². The third kappa shape index (κ3) is 1.83. The normalized spacial score (nSPS) is 10.7. The first-order valence-electron chi connectivity index (χ1n) is 5.39. The minimum atomic E-state index is -1.05. The molecule has 0 aliphatic heterocycles. The van der Waals surface area contributed by atoms with E-state index in [1.54, 1.807) is 27.7 Å². The first kappa shape index (κ1) is 12.2. The van der Waals surface area contributed by atoms with Crippen LogP contribution in [0.5, 0.6) is 0 Å². The molecule has 94 valence electrons. The number of aryl methyl sites for hydroxylation is 3. The summed E-state index contributed by atoms with van der Waals surface area (Å²) in [4.78, 5) is 15.5. The van der Waals surface area contributed by atoms with Gasteiger partial charge >= 0.3 is 5.97 Å². The van der Waals surface area contributed by atoms with Crippen LogP contribution in [0.2, 0.25) is 0 Å². The van der Waals surface area contributed by atoms with Gasteiger partial charge in [0, 0.05) is 0 Å². The van der Waals surface area contributed by atoms with Gasteiger partial charge in [-0.2, -0.15) is 9.78 Å². The van der Waals surface area contributed by atoms with Crippen LogP contribution in [0.15, 0.2) is 0 Å². The molecule has 18 heavy (non-hydrogen) atoms. The van der Waals surface area contributed by atoms with Crippen molar-refractivity contribution in [3.8, 4) is 5.82 Å². The number of aromatic nitrogens is 5. The monoisotopic (exact) mass is 247 g/mol. The van der Waals surface area contributed by atoms with E-state index in [-0.39, 0.29) is 11.4 Å². The molecule has 0 aromatic carbocycles. The van der Waals surface area contributed by atoms with Crippen LogP contribution in [0.1, 0.15) is 33.3 Å². The molecule has 0 fully saturated rings. The Morgan fingerprint density at radius 1 is 1.17 bits per heavy atom. The molecule has 0 unspecified atom stereocenters. The molecule has 7 heteroatoms. The number of carboxylic acid groups (broad SMARTS) is 1. The Morgan fingerprint density at radius 2 is 1.83 bits per heavy atom. The van der Waals surface area contributed by atoms with E-state index >= 15 is 0 Å². The predicted octanol–water partition coefficient (Wildman–Crippen LogP) is 0.989. The maximum atomic E-state index is 11.4. The second-order valence-corrected chi connectivity index (χ2v) is 4.03. The first-order valence-corrected chi connectivity index (χ1v) is 5.39. The van der Waals surface area contributed by atoms with E-state index in [1.807, 2.05) is 0 Å². The molecule has 7 nitrogen and oxygen atoms in total. The minimum Gasteiger partial charge on any atom is -0.478 e. The van der Waals surface area contributed by atoms with Crippen molar-refractivity contribution in [1.82, 2.24) is 25.0 Å². The highest BCUT2D eigenvalue weighted by Gasteiger charge is 2.21. The largest absolute Gasteiger partial charge is 0.478 e. The number of aromatic carboxylic acids is 1. The lowest BCUT2D eigenvalue weighted by atomic mass is 10.1. The van der Waals surface area contributed by atoms with Crippen molar-refractivity contribution in [3.05, 3.63) is 28.5 Å². The SMILES string of the molecule is Cc1nc(C)n(-c2nnc(C)c(C)c2C(=O)O)n1. The van der Waals surface area contributed by atoms with Crippen molar-refractivity contribution >= 4 is 5.97 Å². The molecule has 0 aliphatic rings. The van der Waals surface area contributed by atoms with Crippen LogP contribution in [-0.4, -0.2) is 36.0 Å². The molecule has 0 saturated heterocycles. The van der Waals surface area contributed by atoms with E-state index in [0.717, 1.165) is 0 Å². The summed E-state index contributed by atoms with van der Waals surface area (Å²) in [7, 11) is 0. The Bertz CT molecular complexity index is 633. The van der Waals surface area contributed by atoms with Gasteiger partial charge in [-0.05, 0) is 33.3 Å². The van der Waals surface area contributed by atoms with Gasteiger partial charge in [-0.25, -0.2) is 9.78 Å². The number of hydrogen-bond acceptors (Lipinski definition) is 5. The lowest BCUT2D eigenvalue weighted by molar-refractivity contribution is 0.0695. The standard InChI is InChI=1S/C11H13N5O2/c1-5-6(2)13-14-10(9(5)11(17)18)16-8(4)12-7(3)15-16/h1-4H3,(H,17,18). The summed E-state index contributed by atoms with van der Waals surface area (Å²) in [6, 6.07) is 0. The number of nitrogens with zero attached hydrogens (tertiary/aromatic N) is 5. The Morgan fingerprint density at radius 3 is 2.33 bits per heavy atom. The fourth-order valence-corrected chi connectivity index (χ4v) is 1.72. The lowest BCUT2D eigenvalue weighted by Crippen LogP contribution is -2.14. The van der Waals surface area contributed by atoms with Crippen LogP contribution in [-0.2, 0) is 0 Å². The van der Waals surface area contributed by atoms with Gasteiger partial charge in [-0.3, -0.25) is 0 Å². The van der Waals surface area contributed by atoms with E-state index in [2.05, 4.69) is 20.3 Å². The summed E-state index contributed by atoms with van der Waals surface area (Å²) < 4.78 is 1.40. The van der Waals surface area contributed by atoms with Gasteiger partial charge in [0.1, 0.15) is 17.2 Å². The summed E-state index contributed by atoms with van der Waals surface area (Å²) in [6.07, 6.45) is 0. The van der Waals surface area contributed by atoms with Crippen LogP contribution >= 0.6 is 0 Å². The van der Waals surface area contributed by atoms with E-state index < -0.39 is 5.97 Å². The van der Waals surface area contributed by atoms with Gasteiger partial charge in [-0.15, -0.1) is 10.2 Å². The highest BCUT2D eigenvalue weighted by atomic mass is 16.4. The molecule has 2 aromatic heterocycles. The lowest BCUT2D eigenvalue weighted by Gasteiger charge is -2.09. The van der Waals surface area contributed by atoms with Gasteiger partial charge in [0.05, 0.1) is 5.69 Å². The molecular formula is C11H13N5O2. The number of carboxylic acids is 1. The highest BCUT2D eigenvalue weighted by Crippen LogP contribution is 2.18. The topological polar surface area (TPSA) is 93.8 Å². The fourth-order valence-electron chi connectivity index (χ4n) is 1.72. The van der Waals surface area contributed by atoms with Crippen LogP contribution in [0, 0.1) is 27.7 Å². The average molecular weight is 247 g/mol. The molecular weight excluding hydrogens is 234 g/mol. The van der Waals surface area contributed by atoms with E-state index in [4.69, 9.17) is 0 Å². The van der Waals surface area contributed by atoms with Crippen molar-refractivity contribution < 1.29 is 9.90 Å². The Labute approximate surface area is 104 Å². The van der Waals surface area contributed by atoms with E-state index in [1.165, 1.54) is 4.68 Å². The van der Waals surface area contributed by atoms with Crippen LogP contribution < -0.4 is 0 Å². The molecule has 2 heterocycles. The third-order valence-corrected chi connectivity index (χ3v) is 2.73. The predicted molar refractivity (Wildman–Crippen MR) is 62.9 cm³/mol. The molecule has 0 spiro atoms. The molecule has 0 saturated carbocycles. The first-order chi connectivity index (χ1) is 8.41. The average Bonchev–Trinajstić information content (AvgIpc) is 2.61. The Kier molecular flexibility index (Phi) is 2.82. The molecule has 0 aliphatic carbocycles. The molecule has 0 amide bonds. The molecule has 1 N–H and O–H groups in total. The maximum absolute atomic E-state index is 11.4. The second-order valence-electron chi connectivity index (χ2n) is 4.03. The van der Waals surface area contributed by atoms with Crippen molar-refractivity contribution in [2.24, 2.45) is 0 Å². The Hall–Kier alpha value is -2.31. The van der Waals surface area contributed by atoms with Crippen molar-refractivity contribution in [2.75, 3.05) is 0 Å². The van der Waals surface area contributed by atoms with Gasteiger partial charge in [0.2, 0.25) is 0 Å². The van der Waals surface area contributed by atoms with E-state index in [9.17, 15) is 9.90 Å². The van der Waals surface area contributed by atoms with Gasteiger partial charge in [0.15, 0.2) is 5.82 Å². The zero-order valence-corrected chi connectivity index (χ0v) is 10.6. The summed E-state index contributed by atoms with van der Waals surface area (Å²) in [6.45, 7) is 6.90. The molecule has 0 radical (unpaired) electrons. The molecule has 2 rings (SSSR count). The number of rotatable bonds is 2. The third-order valence-electron chi connectivity index (χ3n) is 2.73. The fraction of sp³-hybridized carbons (Fsp3) is 0.364. The number of carbonyl (C=O) groups is 1. The zero-order chi connectivity index (χ0) is 13.4. The minimum absolute atomic E-state index is 0.107. The summed E-state index contributed by atoms with van der Waals surface area (Å²) in [5.41, 5.74) is 1.28. The van der Waals surface area contributed by atoms with Crippen molar-refractivity contribution in [1.29, 1.82) is 0 Å². The summed E-state index contributed by atoms with van der Waals surface area (Å²) in [5.74, 6) is 0.285. The molecule has 0 bridgehead atoms. The zero-order valence-electron chi connectivity index (χ0n) is 10.6. The highest BCUT2D eigenvalue weighted by molar-refractivity contribution is 5.92. The van der Waals surface area contributed by atoms with Gasteiger partial charge < -0.3 is 5.11 Å². The van der Waals surface area contributed by atoms with E-state index in [0.29, 0.717) is 22.9 Å². The van der Waals surface area contributed by atoms with Crippen LogP contribution in [0.25, 0.3) is 5.82 Å². The molecule has 2 aromatic rings. The quantitative estimate of drug-likeness (QED) is 0.850. The van der Waals surface area contributed by atoms with Crippen LogP contribution in [0.4, 0.5) is 0 Å². The second kappa shape index (κ2) is 4.17. The van der Waals surface area contributed by atoms with Gasteiger partial charge in [-0.1, -0.05) is 0 Å². The maximum Gasteiger partial charge on any atom is 0.339 e. The molecule has 0 atom stereocenters. The number of hydrogen-bond donors (Lipinski definition) is 1. The Balaban J connectivity index is 2.76. The smallest absolute Gasteiger partial charge is 0.339 e. The van der Waals surface area contributed by atoms with Gasteiger partial charge in [0.25, 0.3) is 0 Å². The summed E-state index contributed by atoms with van der Waals surface area (Å²) >= 11 is 0.